The van der Waals surface area contributed by atoms with Crippen molar-refractivity contribution in [3.63, 3.8) is 0 Å². The molecular weight excluding hydrogens is 218 g/mol. The standard InChI is InChI=1S/C13H27NO3/c1-14-12-13(6-4-3-5-7-13)17-11-10-16-9-8-15-2/h14H,3-12H2,1-2H3. The van der Waals surface area contributed by atoms with Crippen LogP contribution in [0.15, 0.2) is 0 Å². The maximum atomic E-state index is 6.06. The lowest BCUT2D eigenvalue weighted by Crippen LogP contribution is -2.44. The molecule has 0 aromatic heterocycles. The zero-order valence-corrected chi connectivity index (χ0v) is 11.3. The van der Waals surface area contributed by atoms with Crippen LogP contribution in [-0.4, -0.2) is 52.7 Å². The number of methoxy groups -OCH3 is 1. The Morgan fingerprint density at radius 1 is 1.00 bits per heavy atom. The summed E-state index contributed by atoms with van der Waals surface area (Å²) < 4.78 is 16.4. The van der Waals surface area contributed by atoms with Crippen molar-refractivity contribution in [2.24, 2.45) is 0 Å². The van der Waals surface area contributed by atoms with Crippen molar-refractivity contribution < 1.29 is 14.2 Å². The Morgan fingerprint density at radius 3 is 2.35 bits per heavy atom. The molecule has 1 rings (SSSR count). The second kappa shape index (κ2) is 8.86. The quantitative estimate of drug-likeness (QED) is 0.626. The van der Waals surface area contributed by atoms with Crippen molar-refractivity contribution >= 4 is 0 Å². The highest BCUT2D eigenvalue weighted by Gasteiger charge is 2.31. The van der Waals surface area contributed by atoms with Gasteiger partial charge < -0.3 is 19.5 Å². The fraction of sp³-hybridized carbons (Fsp3) is 1.00. The third-order valence-electron chi connectivity index (χ3n) is 3.33. The summed E-state index contributed by atoms with van der Waals surface area (Å²) in [5, 5.41) is 3.25. The number of rotatable bonds is 9. The van der Waals surface area contributed by atoms with Crippen LogP contribution in [0.5, 0.6) is 0 Å². The van der Waals surface area contributed by atoms with Gasteiger partial charge in [-0.25, -0.2) is 0 Å². The predicted molar refractivity (Wildman–Crippen MR) is 68.4 cm³/mol. The molecule has 0 unspecified atom stereocenters. The van der Waals surface area contributed by atoms with Crippen LogP contribution in [0.25, 0.3) is 0 Å². The van der Waals surface area contributed by atoms with Crippen molar-refractivity contribution in [2.45, 2.75) is 37.7 Å². The van der Waals surface area contributed by atoms with E-state index in [4.69, 9.17) is 14.2 Å². The van der Waals surface area contributed by atoms with Crippen molar-refractivity contribution in [1.29, 1.82) is 0 Å². The maximum absolute atomic E-state index is 6.06. The summed E-state index contributed by atoms with van der Waals surface area (Å²) in [4.78, 5) is 0. The largest absolute Gasteiger partial charge is 0.382 e. The fourth-order valence-corrected chi connectivity index (χ4v) is 2.45. The van der Waals surface area contributed by atoms with Crippen LogP contribution in [0.1, 0.15) is 32.1 Å². The number of hydrogen-bond acceptors (Lipinski definition) is 4. The molecule has 17 heavy (non-hydrogen) atoms. The Kier molecular flexibility index (Phi) is 7.77. The van der Waals surface area contributed by atoms with Gasteiger partial charge in [0, 0.05) is 13.7 Å². The second-order valence-corrected chi connectivity index (χ2v) is 4.73. The monoisotopic (exact) mass is 245 g/mol. The highest BCUT2D eigenvalue weighted by Crippen LogP contribution is 2.30. The summed E-state index contributed by atoms with van der Waals surface area (Å²) in [6.07, 6.45) is 6.26. The molecule has 1 aliphatic carbocycles. The zero-order valence-electron chi connectivity index (χ0n) is 11.3. The van der Waals surface area contributed by atoms with Gasteiger partial charge in [-0.3, -0.25) is 0 Å². The van der Waals surface area contributed by atoms with Crippen LogP contribution in [0, 0.1) is 0 Å². The van der Waals surface area contributed by atoms with E-state index in [0.29, 0.717) is 26.4 Å². The minimum absolute atomic E-state index is 0.0532. The summed E-state index contributed by atoms with van der Waals surface area (Å²) in [5.74, 6) is 0. The van der Waals surface area contributed by atoms with E-state index >= 15 is 0 Å². The maximum Gasteiger partial charge on any atom is 0.0807 e. The molecule has 1 saturated carbocycles. The van der Waals surface area contributed by atoms with Crippen LogP contribution < -0.4 is 5.32 Å². The summed E-state index contributed by atoms with van der Waals surface area (Å²) in [5.41, 5.74) is 0.0532. The van der Waals surface area contributed by atoms with Gasteiger partial charge >= 0.3 is 0 Å². The summed E-state index contributed by atoms with van der Waals surface area (Å²) in [6.45, 7) is 3.60. The molecule has 0 amide bonds. The summed E-state index contributed by atoms with van der Waals surface area (Å²) >= 11 is 0. The van der Waals surface area contributed by atoms with Gasteiger partial charge in [-0.05, 0) is 19.9 Å². The molecule has 0 atom stereocenters. The highest BCUT2D eigenvalue weighted by molar-refractivity contribution is 4.86. The van der Waals surface area contributed by atoms with E-state index in [9.17, 15) is 0 Å². The first-order chi connectivity index (χ1) is 8.33. The third-order valence-corrected chi connectivity index (χ3v) is 3.33. The normalized spacial score (nSPS) is 19.4. The van der Waals surface area contributed by atoms with Gasteiger partial charge in [-0.15, -0.1) is 0 Å². The Bertz CT molecular complexity index is 176. The topological polar surface area (TPSA) is 39.7 Å². The van der Waals surface area contributed by atoms with E-state index < -0.39 is 0 Å². The molecule has 0 saturated heterocycles. The molecule has 0 aliphatic heterocycles. The van der Waals surface area contributed by atoms with Crippen molar-refractivity contribution in [2.75, 3.05) is 47.1 Å². The Labute approximate surface area is 105 Å². The highest BCUT2D eigenvalue weighted by atomic mass is 16.5. The minimum atomic E-state index is 0.0532. The SMILES string of the molecule is CNCC1(OCCOCCOC)CCCCC1. The molecule has 1 aliphatic rings. The Balaban J connectivity index is 2.15. The van der Waals surface area contributed by atoms with Crippen LogP contribution in [0.2, 0.25) is 0 Å². The van der Waals surface area contributed by atoms with Crippen molar-refractivity contribution in [3.05, 3.63) is 0 Å². The molecule has 102 valence electrons. The van der Waals surface area contributed by atoms with Crippen molar-refractivity contribution in [3.8, 4) is 0 Å². The first kappa shape index (κ1) is 14.9. The van der Waals surface area contributed by atoms with Crippen LogP contribution in [0.3, 0.4) is 0 Å². The van der Waals surface area contributed by atoms with Gasteiger partial charge in [0.1, 0.15) is 0 Å². The van der Waals surface area contributed by atoms with Gasteiger partial charge in [0.2, 0.25) is 0 Å². The van der Waals surface area contributed by atoms with Crippen LogP contribution >= 0.6 is 0 Å². The van der Waals surface area contributed by atoms with Gasteiger partial charge in [0.25, 0.3) is 0 Å². The second-order valence-electron chi connectivity index (χ2n) is 4.73. The van der Waals surface area contributed by atoms with Crippen LogP contribution in [-0.2, 0) is 14.2 Å². The summed E-state index contributed by atoms with van der Waals surface area (Å²) in [7, 11) is 3.68. The number of ether oxygens (including phenoxy) is 3. The molecule has 0 aromatic carbocycles. The first-order valence-corrected chi connectivity index (χ1v) is 6.68. The average molecular weight is 245 g/mol. The van der Waals surface area contributed by atoms with E-state index in [1.807, 2.05) is 7.05 Å². The van der Waals surface area contributed by atoms with E-state index in [-0.39, 0.29) is 5.60 Å². The molecular formula is C13H27NO3. The molecule has 0 heterocycles. The van der Waals surface area contributed by atoms with E-state index in [1.54, 1.807) is 7.11 Å². The minimum Gasteiger partial charge on any atom is -0.382 e. The fourth-order valence-electron chi connectivity index (χ4n) is 2.45. The number of likely N-dealkylation sites (N-methyl/N-ethyl adjacent to an activating group) is 1. The molecule has 0 aromatic rings. The molecule has 0 radical (unpaired) electrons. The van der Waals surface area contributed by atoms with E-state index in [1.165, 1.54) is 32.1 Å². The van der Waals surface area contributed by atoms with Crippen molar-refractivity contribution in [1.82, 2.24) is 5.32 Å². The lowest BCUT2D eigenvalue weighted by molar-refractivity contribution is -0.0874. The molecule has 1 fully saturated rings. The molecule has 1 N–H and O–H groups in total. The van der Waals surface area contributed by atoms with E-state index in [0.717, 1.165) is 6.54 Å². The van der Waals surface area contributed by atoms with E-state index in [2.05, 4.69) is 5.32 Å². The molecule has 4 nitrogen and oxygen atoms in total. The lowest BCUT2D eigenvalue weighted by Gasteiger charge is -2.37. The molecule has 0 bridgehead atoms. The zero-order chi connectivity index (χ0) is 12.4. The Morgan fingerprint density at radius 2 is 1.71 bits per heavy atom. The van der Waals surface area contributed by atoms with Gasteiger partial charge in [-0.1, -0.05) is 19.3 Å². The lowest BCUT2D eigenvalue weighted by atomic mass is 9.84. The smallest absolute Gasteiger partial charge is 0.0807 e. The predicted octanol–water partition coefficient (Wildman–Crippen LogP) is 1.59. The van der Waals surface area contributed by atoms with Gasteiger partial charge in [-0.2, -0.15) is 0 Å². The molecule has 0 spiro atoms. The number of hydrogen-bond donors (Lipinski definition) is 1. The van der Waals surface area contributed by atoms with Crippen LogP contribution in [0.4, 0.5) is 0 Å². The molecule has 4 heteroatoms. The first-order valence-electron chi connectivity index (χ1n) is 6.68. The summed E-state index contributed by atoms with van der Waals surface area (Å²) in [6, 6.07) is 0. The van der Waals surface area contributed by atoms with Gasteiger partial charge in [0.15, 0.2) is 0 Å². The van der Waals surface area contributed by atoms with Gasteiger partial charge in [0.05, 0.1) is 32.0 Å². The Hall–Kier alpha value is -0.160. The third kappa shape index (κ3) is 5.82. The average Bonchev–Trinajstić information content (AvgIpc) is 2.35. The number of nitrogens with one attached hydrogen (secondary N) is 1.